The van der Waals surface area contributed by atoms with Crippen molar-refractivity contribution in [1.29, 1.82) is 0 Å². The maximum absolute atomic E-state index is 6.17. The van der Waals surface area contributed by atoms with E-state index in [1.54, 1.807) is 12.3 Å². The number of hydrogen-bond acceptors (Lipinski definition) is 1. The molecule has 0 N–H and O–H groups in total. The summed E-state index contributed by atoms with van der Waals surface area (Å²) in [4.78, 5) is 4.32. The van der Waals surface area contributed by atoms with Crippen LogP contribution in [0.2, 0.25) is 10.0 Å². The van der Waals surface area contributed by atoms with Gasteiger partial charge in [0, 0.05) is 22.8 Å². The average Bonchev–Trinajstić information content (AvgIpc) is 2.74. The molecule has 0 radical (unpaired) electrons. The van der Waals surface area contributed by atoms with Gasteiger partial charge >= 0.3 is 0 Å². The van der Waals surface area contributed by atoms with E-state index in [0.717, 1.165) is 16.6 Å². The van der Waals surface area contributed by atoms with Gasteiger partial charge < -0.3 is 4.57 Å². The van der Waals surface area contributed by atoms with Crippen molar-refractivity contribution >= 4 is 34.1 Å². The van der Waals surface area contributed by atoms with Gasteiger partial charge in [0.25, 0.3) is 0 Å². The minimum absolute atomic E-state index is 0.647. The fourth-order valence-corrected chi connectivity index (χ4v) is 2.57. The highest BCUT2D eigenvalue weighted by Crippen LogP contribution is 2.28. The van der Waals surface area contributed by atoms with E-state index >= 15 is 0 Å². The van der Waals surface area contributed by atoms with Crippen LogP contribution in [0.5, 0.6) is 0 Å². The summed E-state index contributed by atoms with van der Waals surface area (Å²) >= 11 is 12.2. The number of halogens is 2. The maximum atomic E-state index is 6.17. The van der Waals surface area contributed by atoms with Gasteiger partial charge in [-0.05, 0) is 30.3 Å². The zero-order chi connectivity index (χ0) is 12.5. The van der Waals surface area contributed by atoms with Crippen LogP contribution < -0.4 is 0 Å². The molecular formula is C14H10Cl2N2. The maximum Gasteiger partial charge on any atom is 0.0648 e. The summed E-state index contributed by atoms with van der Waals surface area (Å²) in [7, 11) is 0. The molecule has 0 aliphatic rings. The third-order valence-electron chi connectivity index (χ3n) is 2.86. The van der Waals surface area contributed by atoms with Crippen LogP contribution in [0.3, 0.4) is 0 Å². The van der Waals surface area contributed by atoms with E-state index in [4.69, 9.17) is 23.2 Å². The molecule has 0 amide bonds. The number of rotatable bonds is 2. The molecule has 2 nitrogen and oxygen atoms in total. The first-order valence-electron chi connectivity index (χ1n) is 5.58. The fraction of sp³-hybridized carbons (Fsp3) is 0.0714. The molecule has 0 fully saturated rings. The number of pyridine rings is 1. The summed E-state index contributed by atoms with van der Waals surface area (Å²) in [5, 5.41) is 2.34. The van der Waals surface area contributed by atoms with Crippen molar-refractivity contribution in [3.05, 3.63) is 64.5 Å². The zero-order valence-electron chi connectivity index (χ0n) is 9.48. The highest BCUT2D eigenvalue weighted by atomic mass is 35.5. The van der Waals surface area contributed by atoms with Gasteiger partial charge in [-0.2, -0.15) is 0 Å². The molecule has 1 aromatic carbocycles. The Morgan fingerprint density at radius 3 is 2.78 bits per heavy atom. The first-order valence-corrected chi connectivity index (χ1v) is 6.33. The fourth-order valence-electron chi connectivity index (χ4n) is 2.02. The van der Waals surface area contributed by atoms with Crippen LogP contribution in [0.15, 0.2) is 48.8 Å². The van der Waals surface area contributed by atoms with Crippen molar-refractivity contribution in [2.24, 2.45) is 0 Å². The second-order valence-corrected chi connectivity index (χ2v) is 4.93. The van der Waals surface area contributed by atoms with Gasteiger partial charge in [0.15, 0.2) is 0 Å². The molecule has 2 heterocycles. The SMILES string of the molecule is Clc1cc(Cl)c2ccn(Cc3ccccn3)c2c1. The Balaban J connectivity index is 2.08. The highest BCUT2D eigenvalue weighted by Gasteiger charge is 2.07. The molecule has 3 aromatic rings. The molecule has 0 saturated carbocycles. The topological polar surface area (TPSA) is 17.8 Å². The number of fused-ring (bicyclic) bond motifs is 1. The first kappa shape index (κ1) is 11.6. The molecule has 0 bridgehead atoms. The Kier molecular flexibility index (Phi) is 2.98. The summed E-state index contributed by atoms with van der Waals surface area (Å²) in [6, 6.07) is 11.6. The van der Waals surface area contributed by atoms with Gasteiger partial charge in [-0.3, -0.25) is 4.98 Å². The predicted octanol–water partition coefficient (Wildman–Crippen LogP) is 4.39. The molecule has 18 heavy (non-hydrogen) atoms. The van der Waals surface area contributed by atoms with E-state index in [9.17, 15) is 0 Å². The van der Waals surface area contributed by atoms with E-state index in [-0.39, 0.29) is 0 Å². The molecule has 0 atom stereocenters. The summed E-state index contributed by atoms with van der Waals surface area (Å²) in [5.74, 6) is 0. The van der Waals surface area contributed by atoms with Crippen molar-refractivity contribution in [2.75, 3.05) is 0 Å². The van der Waals surface area contributed by atoms with E-state index in [1.165, 1.54) is 0 Å². The second-order valence-electron chi connectivity index (χ2n) is 4.09. The zero-order valence-corrected chi connectivity index (χ0v) is 11.0. The predicted molar refractivity (Wildman–Crippen MR) is 75.3 cm³/mol. The molecule has 0 unspecified atom stereocenters. The summed E-state index contributed by atoms with van der Waals surface area (Å²) in [5.41, 5.74) is 2.03. The van der Waals surface area contributed by atoms with Crippen LogP contribution in [0.4, 0.5) is 0 Å². The van der Waals surface area contributed by atoms with Crippen LogP contribution >= 0.6 is 23.2 Å². The molecule has 2 aromatic heterocycles. The van der Waals surface area contributed by atoms with Gasteiger partial charge in [-0.15, -0.1) is 0 Å². The Morgan fingerprint density at radius 2 is 2.00 bits per heavy atom. The van der Waals surface area contributed by atoms with Crippen molar-refractivity contribution in [1.82, 2.24) is 9.55 Å². The standard InChI is InChI=1S/C14H10Cl2N2/c15-10-7-13(16)12-4-6-18(14(12)8-10)9-11-3-1-2-5-17-11/h1-8H,9H2. The Labute approximate surface area is 115 Å². The van der Waals surface area contributed by atoms with Crippen LogP contribution in [0, 0.1) is 0 Å². The third-order valence-corrected chi connectivity index (χ3v) is 3.39. The summed E-state index contributed by atoms with van der Waals surface area (Å²) in [6.45, 7) is 0.709. The van der Waals surface area contributed by atoms with Crippen LogP contribution in [0.25, 0.3) is 10.9 Å². The summed E-state index contributed by atoms with van der Waals surface area (Å²) in [6.07, 6.45) is 3.79. The van der Waals surface area contributed by atoms with Gasteiger partial charge in [0.05, 0.1) is 22.8 Å². The first-order chi connectivity index (χ1) is 8.74. The molecule has 3 rings (SSSR count). The summed E-state index contributed by atoms with van der Waals surface area (Å²) < 4.78 is 2.09. The lowest BCUT2D eigenvalue weighted by atomic mass is 10.2. The van der Waals surface area contributed by atoms with Crippen molar-refractivity contribution in [3.8, 4) is 0 Å². The van der Waals surface area contributed by atoms with E-state index in [2.05, 4.69) is 9.55 Å². The molecule has 0 aliphatic heterocycles. The quantitative estimate of drug-likeness (QED) is 0.679. The third kappa shape index (κ3) is 2.09. The highest BCUT2D eigenvalue weighted by molar-refractivity contribution is 6.38. The molecular weight excluding hydrogens is 267 g/mol. The normalized spacial score (nSPS) is 11.0. The molecule has 90 valence electrons. The number of benzene rings is 1. The Hall–Kier alpha value is -1.51. The van der Waals surface area contributed by atoms with Crippen LogP contribution in [-0.4, -0.2) is 9.55 Å². The van der Waals surface area contributed by atoms with E-state index in [0.29, 0.717) is 16.6 Å². The van der Waals surface area contributed by atoms with Crippen molar-refractivity contribution in [2.45, 2.75) is 6.54 Å². The average molecular weight is 277 g/mol. The van der Waals surface area contributed by atoms with Gasteiger partial charge in [0.2, 0.25) is 0 Å². The van der Waals surface area contributed by atoms with Crippen LogP contribution in [0.1, 0.15) is 5.69 Å². The monoisotopic (exact) mass is 276 g/mol. The van der Waals surface area contributed by atoms with Crippen molar-refractivity contribution < 1.29 is 0 Å². The number of hydrogen-bond donors (Lipinski definition) is 0. The number of aromatic nitrogens is 2. The minimum atomic E-state index is 0.647. The Bertz CT molecular complexity index is 690. The number of nitrogens with zero attached hydrogens (tertiary/aromatic N) is 2. The van der Waals surface area contributed by atoms with Crippen molar-refractivity contribution in [3.63, 3.8) is 0 Å². The molecule has 0 spiro atoms. The smallest absolute Gasteiger partial charge is 0.0648 e. The van der Waals surface area contributed by atoms with Crippen LogP contribution in [-0.2, 0) is 6.54 Å². The van der Waals surface area contributed by atoms with Gasteiger partial charge in [-0.25, -0.2) is 0 Å². The molecule has 0 aliphatic carbocycles. The molecule has 0 saturated heterocycles. The van der Waals surface area contributed by atoms with Gasteiger partial charge in [0.1, 0.15) is 0 Å². The lowest BCUT2D eigenvalue weighted by Crippen LogP contribution is -1.99. The largest absolute Gasteiger partial charge is 0.341 e. The van der Waals surface area contributed by atoms with Gasteiger partial charge in [-0.1, -0.05) is 29.3 Å². The lowest BCUT2D eigenvalue weighted by Gasteiger charge is -2.05. The lowest BCUT2D eigenvalue weighted by molar-refractivity contribution is 0.807. The molecule has 4 heteroatoms. The van der Waals surface area contributed by atoms with E-state index in [1.807, 2.05) is 36.5 Å². The van der Waals surface area contributed by atoms with E-state index < -0.39 is 0 Å². The minimum Gasteiger partial charge on any atom is -0.341 e. The Morgan fingerprint density at radius 1 is 1.11 bits per heavy atom. The second kappa shape index (κ2) is 4.63.